The topological polar surface area (TPSA) is 56.5 Å². The van der Waals surface area contributed by atoms with Crippen molar-refractivity contribution in [2.75, 3.05) is 21.3 Å². The van der Waals surface area contributed by atoms with Gasteiger partial charge in [0.1, 0.15) is 0 Å². The minimum Gasteiger partial charge on any atom is -0.493 e. The maximum absolute atomic E-state index is 5.61. The lowest BCUT2D eigenvalue weighted by Crippen LogP contribution is -2.09. The van der Waals surface area contributed by atoms with Crippen LogP contribution in [0.1, 0.15) is 11.1 Å². The fourth-order valence-electron chi connectivity index (χ4n) is 1.55. The van der Waals surface area contributed by atoms with Crippen molar-refractivity contribution in [3.05, 3.63) is 23.3 Å². The molecular formula is C11H18N2O2. The monoisotopic (exact) mass is 210 g/mol. The minimum absolute atomic E-state index is 0.497. The molecule has 0 saturated carbocycles. The van der Waals surface area contributed by atoms with Gasteiger partial charge in [-0.25, -0.2) is 0 Å². The molecule has 1 aromatic rings. The number of nitrogens with one attached hydrogen (secondary N) is 1. The van der Waals surface area contributed by atoms with Gasteiger partial charge < -0.3 is 20.5 Å². The smallest absolute Gasteiger partial charge is 0.165 e. The highest BCUT2D eigenvalue weighted by molar-refractivity contribution is 5.49. The average molecular weight is 210 g/mol. The number of hydrogen-bond donors (Lipinski definition) is 2. The molecule has 0 atom stereocenters. The Morgan fingerprint density at radius 3 is 2.47 bits per heavy atom. The van der Waals surface area contributed by atoms with E-state index in [4.69, 9.17) is 15.2 Å². The molecule has 0 saturated heterocycles. The Morgan fingerprint density at radius 2 is 2.00 bits per heavy atom. The van der Waals surface area contributed by atoms with Crippen molar-refractivity contribution in [3.63, 3.8) is 0 Å². The number of ether oxygens (including phenoxy) is 2. The Balaban J connectivity index is 3.19. The number of rotatable bonds is 5. The van der Waals surface area contributed by atoms with Gasteiger partial charge in [0.2, 0.25) is 0 Å². The molecule has 4 nitrogen and oxygen atoms in total. The molecule has 0 aliphatic rings. The van der Waals surface area contributed by atoms with Crippen LogP contribution in [0.5, 0.6) is 11.5 Å². The van der Waals surface area contributed by atoms with Crippen LogP contribution >= 0.6 is 0 Å². The molecule has 0 fully saturated rings. The summed E-state index contributed by atoms with van der Waals surface area (Å²) in [6.45, 7) is 1.23. The second-order valence-electron chi connectivity index (χ2n) is 3.22. The molecule has 0 amide bonds. The molecule has 15 heavy (non-hydrogen) atoms. The summed E-state index contributed by atoms with van der Waals surface area (Å²) in [6.07, 6.45) is 0. The van der Waals surface area contributed by atoms with Gasteiger partial charge in [0.25, 0.3) is 0 Å². The maximum Gasteiger partial charge on any atom is 0.165 e. The summed E-state index contributed by atoms with van der Waals surface area (Å²) in [5.74, 6) is 1.50. The zero-order valence-electron chi connectivity index (χ0n) is 9.46. The van der Waals surface area contributed by atoms with Gasteiger partial charge in [0.15, 0.2) is 11.5 Å². The highest BCUT2D eigenvalue weighted by atomic mass is 16.5. The Hall–Kier alpha value is -1.26. The Labute approximate surface area is 90.4 Å². The molecule has 0 unspecified atom stereocenters. The average Bonchev–Trinajstić information content (AvgIpc) is 2.28. The third-order valence-corrected chi connectivity index (χ3v) is 2.22. The SMILES string of the molecule is CNCc1cc(CN)cc(OC)c1OC. The fraction of sp³-hybridized carbons (Fsp3) is 0.455. The van der Waals surface area contributed by atoms with Gasteiger partial charge in [-0.15, -0.1) is 0 Å². The van der Waals surface area contributed by atoms with Crippen LogP contribution in [0.4, 0.5) is 0 Å². The molecule has 0 aliphatic carbocycles. The van der Waals surface area contributed by atoms with Gasteiger partial charge in [-0.2, -0.15) is 0 Å². The van der Waals surface area contributed by atoms with E-state index in [-0.39, 0.29) is 0 Å². The van der Waals surface area contributed by atoms with Crippen molar-refractivity contribution in [1.29, 1.82) is 0 Å². The lowest BCUT2D eigenvalue weighted by molar-refractivity contribution is 0.350. The number of methoxy groups -OCH3 is 2. The van der Waals surface area contributed by atoms with Gasteiger partial charge in [0, 0.05) is 18.7 Å². The highest BCUT2D eigenvalue weighted by Crippen LogP contribution is 2.32. The first-order valence-electron chi connectivity index (χ1n) is 4.85. The maximum atomic E-state index is 5.61. The molecule has 0 heterocycles. The Morgan fingerprint density at radius 1 is 1.27 bits per heavy atom. The molecule has 4 heteroatoms. The quantitative estimate of drug-likeness (QED) is 0.757. The predicted octanol–water partition coefficient (Wildman–Crippen LogP) is 0.882. The van der Waals surface area contributed by atoms with E-state index in [1.165, 1.54) is 0 Å². The van der Waals surface area contributed by atoms with Crippen molar-refractivity contribution in [2.24, 2.45) is 5.73 Å². The van der Waals surface area contributed by atoms with Crippen molar-refractivity contribution in [3.8, 4) is 11.5 Å². The van der Waals surface area contributed by atoms with Gasteiger partial charge in [-0.05, 0) is 24.7 Å². The number of nitrogens with two attached hydrogens (primary N) is 1. The summed E-state index contributed by atoms with van der Waals surface area (Å²) < 4.78 is 10.6. The number of benzene rings is 1. The summed E-state index contributed by atoms with van der Waals surface area (Å²) in [4.78, 5) is 0. The third kappa shape index (κ3) is 2.61. The first-order chi connectivity index (χ1) is 7.26. The van der Waals surface area contributed by atoms with Crippen LogP contribution in [0.2, 0.25) is 0 Å². The van der Waals surface area contributed by atoms with Gasteiger partial charge in [0.05, 0.1) is 14.2 Å². The number of hydrogen-bond acceptors (Lipinski definition) is 4. The first-order valence-corrected chi connectivity index (χ1v) is 4.85. The van der Waals surface area contributed by atoms with Crippen LogP contribution < -0.4 is 20.5 Å². The molecule has 0 aliphatic heterocycles. The van der Waals surface area contributed by atoms with E-state index in [1.807, 2.05) is 19.2 Å². The van der Waals surface area contributed by atoms with Crippen LogP contribution in [0.3, 0.4) is 0 Å². The Bertz CT molecular complexity index is 327. The van der Waals surface area contributed by atoms with E-state index >= 15 is 0 Å². The molecule has 1 aromatic carbocycles. The highest BCUT2D eigenvalue weighted by Gasteiger charge is 2.10. The van der Waals surface area contributed by atoms with E-state index in [0.29, 0.717) is 6.54 Å². The van der Waals surface area contributed by atoms with E-state index < -0.39 is 0 Å². The normalized spacial score (nSPS) is 10.1. The molecule has 84 valence electrons. The largest absolute Gasteiger partial charge is 0.493 e. The van der Waals surface area contributed by atoms with E-state index in [2.05, 4.69) is 5.32 Å². The van der Waals surface area contributed by atoms with Gasteiger partial charge in [-0.3, -0.25) is 0 Å². The molecular weight excluding hydrogens is 192 g/mol. The fourth-order valence-corrected chi connectivity index (χ4v) is 1.55. The van der Waals surface area contributed by atoms with Crippen LogP contribution in [-0.2, 0) is 13.1 Å². The summed E-state index contributed by atoms with van der Waals surface area (Å²) in [5.41, 5.74) is 7.71. The standard InChI is InChI=1S/C11H18N2O2/c1-13-7-9-4-8(6-12)5-10(14-2)11(9)15-3/h4-5,13H,6-7,12H2,1-3H3. The second-order valence-corrected chi connectivity index (χ2v) is 3.22. The van der Waals surface area contributed by atoms with Crippen molar-refractivity contribution in [2.45, 2.75) is 13.1 Å². The minimum atomic E-state index is 0.497. The first kappa shape index (κ1) is 11.8. The lowest BCUT2D eigenvalue weighted by Gasteiger charge is -2.14. The van der Waals surface area contributed by atoms with E-state index in [9.17, 15) is 0 Å². The molecule has 0 spiro atoms. The van der Waals surface area contributed by atoms with Crippen LogP contribution in [0.25, 0.3) is 0 Å². The molecule has 3 N–H and O–H groups in total. The van der Waals surface area contributed by atoms with Crippen molar-refractivity contribution in [1.82, 2.24) is 5.32 Å². The summed E-state index contributed by atoms with van der Waals surface area (Å²) >= 11 is 0. The van der Waals surface area contributed by atoms with Crippen molar-refractivity contribution >= 4 is 0 Å². The summed E-state index contributed by atoms with van der Waals surface area (Å²) in [7, 11) is 5.15. The summed E-state index contributed by atoms with van der Waals surface area (Å²) in [6, 6.07) is 3.93. The van der Waals surface area contributed by atoms with Crippen LogP contribution in [-0.4, -0.2) is 21.3 Å². The van der Waals surface area contributed by atoms with Crippen molar-refractivity contribution < 1.29 is 9.47 Å². The van der Waals surface area contributed by atoms with Crippen LogP contribution in [0, 0.1) is 0 Å². The zero-order valence-corrected chi connectivity index (χ0v) is 9.46. The predicted molar refractivity (Wildman–Crippen MR) is 60.2 cm³/mol. The van der Waals surface area contributed by atoms with E-state index in [1.54, 1.807) is 14.2 Å². The van der Waals surface area contributed by atoms with Crippen LogP contribution in [0.15, 0.2) is 12.1 Å². The van der Waals surface area contributed by atoms with Gasteiger partial charge in [-0.1, -0.05) is 0 Å². The Kier molecular flexibility index (Phi) is 4.39. The third-order valence-electron chi connectivity index (χ3n) is 2.22. The summed E-state index contributed by atoms with van der Waals surface area (Å²) in [5, 5.41) is 3.08. The lowest BCUT2D eigenvalue weighted by atomic mass is 10.1. The van der Waals surface area contributed by atoms with E-state index in [0.717, 1.165) is 29.2 Å². The molecule has 0 radical (unpaired) electrons. The molecule has 0 bridgehead atoms. The zero-order chi connectivity index (χ0) is 11.3. The van der Waals surface area contributed by atoms with Gasteiger partial charge >= 0.3 is 0 Å². The molecule has 0 aromatic heterocycles. The molecule has 1 rings (SSSR count). The second kappa shape index (κ2) is 5.58.